The van der Waals surface area contributed by atoms with Gasteiger partial charge in [0.2, 0.25) is 5.91 Å². The van der Waals surface area contributed by atoms with Crippen molar-refractivity contribution in [2.24, 2.45) is 5.92 Å². The second-order valence-electron chi connectivity index (χ2n) is 7.43. The van der Waals surface area contributed by atoms with Crippen LogP contribution in [0.4, 0.5) is 0 Å². The molecule has 0 radical (unpaired) electrons. The van der Waals surface area contributed by atoms with Crippen molar-refractivity contribution in [3.8, 4) is 0 Å². The number of methoxy groups -OCH3 is 1. The predicted octanol–water partition coefficient (Wildman–Crippen LogP) is 3.60. The molecule has 0 saturated carbocycles. The molecule has 31 heavy (non-hydrogen) atoms. The number of carbonyl (C=O) groups excluding carboxylic acids is 2. The highest BCUT2D eigenvalue weighted by Gasteiger charge is 2.35. The number of carbonyl (C=O) groups is 2. The molecule has 0 unspecified atom stereocenters. The fourth-order valence-electron chi connectivity index (χ4n) is 3.44. The van der Waals surface area contributed by atoms with Gasteiger partial charge < -0.3 is 9.64 Å². The van der Waals surface area contributed by atoms with E-state index in [0.717, 1.165) is 17.8 Å². The number of thiophene rings is 1. The topological polar surface area (TPSA) is 92.8 Å². The number of amides is 1. The number of hydrogen-bond acceptors (Lipinski definition) is 6. The van der Waals surface area contributed by atoms with E-state index in [2.05, 4.69) is 4.72 Å². The predicted molar refractivity (Wildman–Crippen MR) is 120 cm³/mol. The van der Waals surface area contributed by atoms with Crippen LogP contribution in [-0.2, 0) is 39.1 Å². The molecule has 0 aliphatic carbocycles. The number of rotatable bonds is 7. The summed E-state index contributed by atoms with van der Waals surface area (Å²) in [5, 5.41) is 0.504. The van der Waals surface area contributed by atoms with Gasteiger partial charge in [0.25, 0.3) is 10.0 Å². The number of nitrogens with one attached hydrogen (secondary N) is 1. The van der Waals surface area contributed by atoms with Crippen LogP contribution in [-0.4, -0.2) is 38.8 Å². The third-order valence-electron chi connectivity index (χ3n) is 5.36. The summed E-state index contributed by atoms with van der Waals surface area (Å²) in [6.45, 7) is 4.59. The second kappa shape index (κ2) is 9.68. The van der Waals surface area contributed by atoms with E-state index in [1.807, 2.05) is 13.8 Å². The van der Waals surface area contributed by atoms with E-state index in [0.29, 0.717) is 34.0 Å². The van der Waals surface area contributed by atoms with Crippen LogP contribution < -0.4 is 4.72 Å². The minimum absolute atomic E-state index is 0.0321. The molecular formula is C21H25ClN2O5S2. The Morgan fingerprint density at radius 1 is 1.35 bits per heavy atom. The highest BCUT2D eigenvalue weighted by molar-refractivity contribution is 7.91. The van der Waals surface area contributed by atoms with E-state index in [-0.39, 0.29) is 34.7 Å². The molecule has 10 heteroatoms. The van der Waals surface area contributed by atoms with Crippen LogP contribution in [0.3, 0.4) is 0 Å². The summed E-state index contributed by atoms with van der Waals surface area (Å²) >= 11 is 6.99. The van der Waals surface area contributed by atoms with Crippen molar-refractivity contribution in [3.05, 3.63) is 50.9 Å². The normalized spacial score (nSPS) is 14.8. The van der Waals surface area contributed by atoms with E-state index >= 15 is 0 Å². The van der Waals surface area contributed by atoms with Gasteiger partial charge in [0, 0.05) is 28.9 Å². The number of fused-ring (bicyclic) bond motifs is 1. The first kappa shape index (κ1) is 23.7. The maximum Gasteiger partial charge on any atom is 0.340 e. The molecule has 1 atom stereocenters. The smallest absolute Gasteiger partial charge is 0.340 e. The number of hydrogen-bond donors (Lipinski definition) is 1. The van der Waals surface area contributed by atoms with Gasteiger partial charge in [0.1, 0.15) is 4.21 Å². The monoisotopic (exact) mass is 484 g/mol. The van der Waals surface area contributed by atoms with Crippen molar-refractivity contribution in [2.75, 3.05) is 13.7 Å². The lowest BCUT2D eigenvalue weighted by Crippen LogP contribution is -2.38. The lowest BCUT2D eigenvalue weighted by Gasteiger charge is -2.29. The summed E-state index contributed by atoms with van der Waals surface area (Å²) in [4.78, 5) is 27.5. The number of sulfonamides is 1. The molecule has 0 saturated heterocycles. The average Bonchev–Trinajstić information content (AvgIpc) is 3.16. The van der Waals surface area contributed by atoms with Gasteiger partial charge in [0.05, 0.1) is 19.2 Å². The summed E-state index contributed by atoms with van der Waals surface area (Å²) in [7, 11) is -2.76. The standard InChI is InChI=1S/C21H25ClN2O5S2/c1-4-13(2)19(25)24-9-8-16-17(12-24)30-21(18(16)20(26)29-3)31(27,28)23-11-14-6-5-7-15(22)10-14/h5-7,10,13,23H,4,8-9,11-12H2,1-3H3/t13-/m1/s1. The molecule has 168 valence electrons. The summed E-state index contributed by atoms with van der Waals surface area (Å²) < 4.78 is 33.5. The Bertz CT molecular complexity index is 1100. The van der Waals surface area contributed by atoms with Crippen molar-refractivity contribution in [3.63, 3.8) is 0 Å². The molecule has 1 N–H and O–H groups in total. The van der Waals surface area contributed by atoms with Gasteiger partial charge in [-0.05, 0) is 36.1 Å². The molecule has 1 aliphatic rings. The zero-order chi connectivity index (χ0) is 22.8. The zero-order valence-electron chi connectivity index (χ0n) is 17.6. The van der Waals surface area contributed by atoms with Gasteiger partial charge in [-0.1, -0.05) is 37.6 Å². The van der Waals surface area contributed by atoms with Gasteiger partial charge in [-0.2, -0.15) is 0 Å². The molecule has 1 amide bonds. The third kappa shape index (κ3) is 5.11. The second-order valence-corrected chi connectivity index (χ2v) is 10.9. The SMILES string of the molecule is CC[C@@H](C)C(=O)N1CCc2c(sc(S(=O)(=O)NCc3cccc(Cl)c3)c2C(=O)OC)C1. The molecule has 1 aliphatic heterocycles. The van der Waals surface area contributed by atoms with Crippen LogP contribution in [0.5, 0.6) is 0 Å². The molecule has 0 bridgehead atoms. The minimum atomic E-state index is -3.99. The highest BCUT2D eigenvalue weighted by atomic mass is 35.5. The first-order valence-electron chi connectivity index (χ1n) is 9.93. The Hall–Kier alpha value is -1.94. The quantitative estimate of drug-likeness (QED) is 0.606. The van der Waals surface area contributed by atoms with Crippen LogP contribution in [0, 0.1) is 5.92 Å². The summed E-state index contributed by atoms with van der Waals surface area (Å²) in [5.41, 5.74) is 1.41. The van der Waals surface area contributed by atoms with E-state index in [1.54, 1.807) is 29.2 Å². The van der Waals surface area contributed by atoms with Crippen LogP contribution in [0.2, 0.25) is 5.02 Å². The van der Waals surface area contributed by atoms with Gasteiger partial charge in [-0.15, -0.1) is 11.3 Å². The molecule has 1 aromatic heterocycles. The maximum atomic E-state index is 13.1. The van der Waals surface area contributed by atoms with Crippen LogP contribution in [0.1, 0.15) is 46.6 Å². The highest BCUT2D eigenvalue weighted by Crippen LogP contribution is 2.37. The van der Waals surface area contributed by atoms with Crippen molar-refractivity contribution in [2.45, 2.75) is 44.0 Å². The van der Waals surface area contributed by atoms with Gasteiger partial charge in [-0.3, -0.25) is 4.79 Å². The van der Waals surface area contributed by atoms with Gasteiger partial charge >= 0.3 is 5.97 Å². The van der Waals surface area contributed by atoms with Crippen LogP contribution in [0.25, 0.3) is 0 Å². The largest absolute Gasteiger partial charge is 0.465 e. The Balaban J connectivity index is 1.92. The van der Waals surface area contributed by atoms with Crippen LogP contribution >= 0.6 is 22.9 Å². The molecular weight excluding hydrogens is 460 g/mol. The Kier molecular flexibility index (Phi) is 7.41. The summed E-state index contributed by atoms with van der Waals surface area (Å²) in [6, 6.07) is 6.86. The van der Waals surface area contributed by atoms with Crippen LogP contribution in [0.15, 0.2) is 28.5 Å². The molecule has 3 rings (SSSR count). The third-order valence-corrected chi connectivity index (χ3v) is 8.73. The van der Waals surface area contributed by atoms with E-state index in [1.165, 1.54) is 7.11 Å². The number of halogens is 1. The molecule has 1 aromatic carbocycles. The number of ether oxygens (including phenoxy) is 1. The van der Waals surface area contributed by atoms with Gasteiger partial charge in [-0.25, -0.2) is 17.9 Å². The lowest BCUT2D eigenvalue weighted by molar-refractivity contribution is -0.135. The van der Waals surface area contributed by atoms with Gasteiger partial charge in [0.15, 0.2) is 0 Å². The number of nitrogens with zero attached hydrogens (tertiary/aromatic N) is 1. The van der Waals surface area contributed by atoms with E-state index < -0.39 is 16.0 Å². The summed E-state index contributed by atoms with van der Waals surface area (Å²) in [5.74, 6) is -0.767. The Morgan fingerprint density at radius 2 is 2.10 bits per heavy atom. The molecule has 7 nitrogen and oxygen atoms in total. The van der Waals surface area contributed by atoms with Crippen molar-refractivity contribution < 1.29 is 22.7 Å². The number of esters is 1. The first-order valence-corrected chi connectivity index (χ1v) is 12.6. The van der Waals surface area contributed by atoms with Crippen molar-refractivity contribution in [1.29, 1.82) is 0 Å². The van der Waals surface area contributed by atoms with Crippen molar-refractivity contribution >= 4 is 44.8 Å². The van der Waals surface area contributed by atoms with Crippen molar-refractivity contribution in [1.82, 2.24) is 9.62 Å². The maximum absolute atomic E-state index is 13.1. The fourth-order valence-corrected chi connectivity index (χ4v) is 6.61. The van der Waals surface area contributed by atoms with E-state index in [4.69, 9.17) is 16.3 Å². The first-order chi connectivity index (χ1) is 14.7. The Labute approximate surface area is 191 Å². The molecule has 2 aromatic rings. The minimum Gasteiger partial charge on any atom is -0.465 e. The number of benzene rings is 1. The molecule has 0 fully saturated rings. The average molecular weight is 485 g/mol. The lowest BCUT2D eigenvalue weighted by atomic mass is 10.0. The fraction of sp³-hybridized carbons (Fsp3) is 0.429. The summed E-state index contributed by atoms with van der Waals surface area (Å²) in [6.07, 6.45) is 1.13. The molecule has 2 heterocycles. The van der Waals surface area contributed by atoms with E-state index in [9.17, 15) is 18.0 Å². The molecule has 0 spiro atoms. The zero-order valence-corrected chi connectivity index (χ0v) is 20.0. The Morgan fingerprint density at radius 3 is 2.74 bits per heavy atom.